The topological polar surface area (TPSA) is 203 Å². The fourth-order valence-corrected chi connectivity index (χ4v) is 17.0. The Morgan fingerprint density at radius 1 is 0.526 bits per heavy atom. The van der Waals surface area contributed by atoms with Crippen molar-refractivity contribution in [2.45, 2.75) is 138 Å². The van der Waals surface area contributed by atoms with Crippen LogP contribution < -0.4 is 40.2 Å². The number of anilines is 2. The van der Waals surface area contributed by atoms with Gasteiger partial charge in [-0.05, 0) is 196 Å². The lowest BCUT2D eigenvalue weighted by Crippen LogP contribution is -2.50. The Kier molecular flexibility index (Phi) is 16.1. The molecule has 8 aliphatic rings. The maximum atomic E-state index is 13.1. The largest absolute Gasteiger partial charge is 0.490 e. The van der Waals surface area contributed by atoms with Crippen LogP contribution in [-0.2, 0) is 43.7 Å². The zero-order valence-electron chi connectivity index (χ0n) is 44.7. The smallest absolute Gasteiger partial charge is 0.264 e. The van der Waals surface area contributed by atoms with Gasteiger partial charge in [0.15, 0.2) is 0 Å². The highest BCUT2D eigenvalue weighted by Gasteiger charge is 2.46. The van der Waals surface area contributed by atoms with Crippen LogP contribution in [0.25, 0.3) is 0 Å². The van der Waals surface area contributed by atoms with Crippen molar-refractivity contribution in [2.75, 3.05) is 60.7 Å². The standard InChI is InChI=1S/2C30H38ClN3O4S/c2*31-23-9-11-25-20(15-23)5-4-13-30(25)18-34-17-22-7-10-24(22)26(32)6-2-1-3-14-39(36,37)33-29(35)21-8-12-28(38-19-30)27(34)16-21/h2*8-9,11-12,15-16,22,24,26H,1-7,10,13-14,17-19,32H2,(H,33,35)/t22-,24+,26+,30-;22-,24+,26-,30-/m00/s1. The summed E-state index contributed by atoms with van der Waals surface area (Å²) in [5, 5.41) is 1.51. The van der Waals surface area contributed by atoms with E-state index >= 15 is 0 Å². The maximum absolute atomic E-state index is 13.1. The molecule has 12 rings (SSSR count). The number of hydrogen-bond acceptors (Lipinski definition) is 12. The number of nitrogens with two attached hydrogens (primary N) is 2. The molecule has 0 saturated heterocycles. The fourth-order valence-electron chi connectivity index (χ4n) is 14.5. The van der Waals surface area contributed by atoms with Gasteiger partial charge in [-0.2, -0.15) is 0 Å². The van der Waals surface area contributed by atoms with Crippen molar-refractivity contribution in [2.24, 2.45) is 35.1 Å². The highest BCUT2D eigenvalue weighted by molar-refractivity contribution is 7.90. The molecule has 4 bridgehead atoms. The highest BCUT2D eigenvalue weighted by Crippen LogP contribution is 2.49. The minimum absolute atomic E-state index is 0.0633. The van der Waals surface area contributed by atoms with Crippen LogP contribution in [0.15, 0.2) is 72.8 Å². The van der Waals surface area contributed by atoms with E-state index in [1.54, 1.807) is 12.1 Å². The molecule has 4 aromatic rings. The van der Waals surface area contributed by atoms with Crippen LogP contribution in [0.1, 0.15) is 146 Å². The van der Waals surface area contributed by atoms with Crippen LogP contribution in [-0.4, -0.2) is 91.6 Å². The normalized spacial score (nSPS) is 30.7. The number of carbonyl (C=O) groups is 2. The molecule has 8 atom stereocenters. The van der Waals surface area contributed by atoms with Gasteiger partial charge in [-0.25, -0.2) is 26.3 Å². The Hall–Kier alpha value is -4.58. The molecule has 4 heterocycles. The molecule has 6 N–H and O–H groups in total. The van der Waals surface area contributed by atoms with Gasteiger partial charge in [-0.3, -0.25) is 9.59 Å². The molecule has 2 saturated carbocycles. The number of hydrogen-bond donors (Lipinski definition) is 4. The molecule has 2 fully saturated rings. The molecular formula is C60H76Cl2N6O8S2. The van der Waals surface area contributed by atoms with Crippen LogP contribution in [0.5, 0.6) is 11.5 Å². The summed E-state index contributed by atoms with van der Waals surface area (Å²) >= 11 is 12.8. The van der Waals surface area contributed by atoms with Gasteiger partial charge in [0.25, 0.3) is 11.8 Å². The summed E-state index contributed by atoms with van der Waals surface area (Å²) in [6, 6.07) is 23.3. The number of halogens is 2. The highest BCUT2D eigenvalue weighted by atomic mass is 35.5. The second-order valence-electron chi connectivity index (χ2n) is 24.1. The minimum Gasteiger partial charge on any atom is -0.490 e. The third-order valence-electron chi connectivity index (χ3n) is 19.0. The molecule has 14 nitrogen and oxygen atoms in total. The summed E-state index contributed by atoms with van der Waals surface area (Å²) in [5.41, 5.74) is 20.5. The van der Waals surface area contributed by atoms with Crippen LogP contribution in [0.4, 0.5) is 11.4 Å². The summed E-state index contributed by atoms with van der Waals surface area (Å²) in [7, 11) is -7.43. The summed E-state index contributed by atoms with van der Waals surface area (Å²) in [6.45, 7) is 4.27. The number of rotatable bonds is 0. The van der Waals surface area contributed by atoms with E-state index in [4.69, 9.17) is 44.1 Å². The summed E-state index contributed by atoms with van der Waals surface area (Å²) in [4.78, 5) is 30.9. The molecule has 420 valence electrons. The lowest BCUT2D eigenvalue weighted by Gasteiger charge is -2.46. The minimum atomic E-state index is -3.72. The van der Waals surface area contributed by atoms with Crippen LogP contribution >= 0.6 is 23.2 Å². The fraction of sp³-hybridized carbons (Fsp3) is 0.567. The van der Waals surface area contributed by atoms with Crippen molar-refractivity contribution in [3.63, 3.8) is 0 Å². The zero-order valence-corrected chi connectivity index (χ0v) is 47.8. The predicted octanol–water partition coefficient (Wildman–Crippen LogP) is 9.60. The number of aryl methyl sites for hydroxylation is 2. The number of benzene rings is 4. The SMILES string of the molecule is N[C@@H]1CCCCCS(=O)(=O)NC(=O)c2ccc3c(c2)N(C[C@@H]2CC[C@H]21)C[C@@]1(CCCc2cc(Cl)ccc21)CO3.N[C@H]1CCCCCS(=O)(=O)NC(=O)c2ccc3c(c2)N(C[C@@H]2CC[C@H]21)C[C@@]1(CCCc2cc(Cl)ccc21)CO3. The van der Waals surface area contributed by atoms with Gasteiger partial charge in [0.2, 0.25) is 20.0 Å². The van der Waals surface area contributed by atoms with E-state index in [0.717, 1.165) is 162 Å². The molecule has 4 aliphatic carbocycles. The van der Waals surface area contributed by atoms with Crippen LogP contribution in [0.2, 0.25) is 10.0 Å². The number of nitrogens with one attached hydrogen (secondary N) is 2. The van der Waals surface area contributed by atoms with Gasteiger partial charge in [0.05, 0.1) is 36.1 Å². The molecule has 78 heavy (non-hydrogen) atoms. The number of ether oxygens (including phenoxy) is 2. The van der Waals surface area contributed by atoms with Gasteiger partial charge in [-0.15, -0.1) is 0 Å². The van der Waals surface area contributed by atoms with Crippen molar-refractivity contribution in [3.05, 3.63) is 116 Å². The predicted molar refractivity (Wildman–Crippen MR) is 308 cm³/mol. The first-order valence-electron chi connectivity index (χ1n) is 28.7. The van der Waals surface area contributed by atoms with Crippen molar-refractivity contribution >= 4 is 66.4 Å². The van der Waals surface area contributed by atoms with Gasteiger partial charge >= 0.3 is 0 Å². The Morgan fingerprint density at radius 3 is 1.37 bits per heavy atom. The summed E-state index contributed by atoms with van der Waals surface area (Å²) < 4.78 is 68.1. The second-order valence-corrected chi connectivity index (χ2v) is 28.7. The van der Waals surface area contributed by atoms with Gasteiger partial charge < -0.3 is 30.7 Å². The van der Waals surface area contributed by atoms with Crippen molar-refractivity contribution in [3.8, 4) is 11.5 Å². The molecule has 0 radical (unpaired) electrons. The van der Waals surface area contributed by atoms with Crippen molar-refractivity contribution in [1.29, 1.82) is 0 Å². The number of nitrogens with zero attached hydrogens (tertiary/aromatic N) is 2. The van der Waals surface area contributed by atoms with E-state index in [0.29, 0.717) is 60.9 Å². The van der Waals surface area contributed by atoms with Gasteiger partial charge in [-0.1, -0.05) is 61.0 Å². The van der Waals surface area contributed by atoms with Crippen molar-refractivity contribution in [1.82, 2.24) is 9.44 Å². The Balaban J connectivity index is 0.000000165. The second kappa shape index (κ2) is 22.8. The Labute approximate surface area is 471 Å². The molecule has 18 heteroatoms. The summed E-state index contributed by atoms with van der Waals surface area (Å²) in [6.07, 6.45) is 16.9. The maximum Gasteiger partial charge on any atom is 0.264 e. The quantitative estimate of drug-likeness (QED) is 0.130. The third-order valence-corrected chi connectivity index (χ3v) is 22.1. The van der Waals surface area contributed by atoms with Gasteiger partial charge in [0.1, 0.15) is 11.5 Å². The van der Waals surface area contributed by atoms with E-state index in [2.05, 4.69) is 43.5 Å². The van der Waals surface area contributed by atoms with Crippen LogP contribution in [0, 0.1) is 23.7 Å². The van der Waals surface area contributed by atoms with E-state index < -0.39 is 31.9 Å². The monoisotopic (exact) mass is 1140 g/mol. The lowest BCUT2D eigenvalue weighted by atomic mass is 9.67. The number of sulfonamides is 2. The molecule has 0 aromatic heterocycles. The Bertz CT molecular complexity index is 2940. The number of fused-ring (bicyclic) bond motifs is 8. The average Bonchev–Trinajstić information content (AvgIpc) is 3.72. The zero-order chi connectivity index (χ0) is 54.4. The molecule has 0 unspecified atom stereocenters. The first-order valence-corrected chi connectivity index (χ1v) is 32.7. The molecule has 4 aromatic carbocycles. The number of carbonyl (C=O) groups excluding carboxylic acids is 2. The molecule has 2 amide bonds. The first kappa shape index (κ1) is 55.3. The van der Waals surface area contributed by atoms with E-state index in [1.807, 2.05) is 36.4 Å². The summed E-state index contributed by atoms with van der Waals surface area (Å²) in [5.74, 6) is 2.00. The van der Waals surface area contributed by atoms with Crippen LogP contribution in [0.3, 0.4) is 0 Å². The molecular weight excluding hydrogens is 1070 g/mol. The van der Waals surface area contributed by atoms with Crippen molar-refractivity contribution < 1.29 is 35.9 Å². The lowest BCUT2D eigenvalue weighted by molar-refractivity contribution is 0.0972. The first-order chi connectivity index (χ1) is 37.5. The average molecular weight is 1140 g/mol. The third kappa shape index (κ3) is 11.8. The van der Waals surface area contributed by atoms with E-state index in [1.165, 1.54) is 22.3 Å². The van der Waals surface area contributed by atoms with E-state index in [9.17, 15) is 26.4 Å². The van der Waals surface area contributed by atoms with E-state index in [-0.39, 0.29) is 34.4 Å². The molecule has 2 spiro atoms. The number of amides is 2. The Morgan fingerprint density at radius 2 is 0.962 bits per heavy atom. The van der Waals surface area contributed by atoms with Gasteiger partial charge in [0, 0.05) is 70.3 Å². The molecule has 4 aliphatic heterocycles.